The molecule has 0 aliphatic rings. The highest BCUT2D eigenvalue weighted by Gasteiger charge is 2.11. The molecule has 0 aliphatic heterocycles. The van der Waals surface area contributed by atoms with Gasteiger partial charge in [0.1, 0.15) is 18.1 Å². The van der Waals surface area contributed by atoms with Crippen LogP contribution in [0, 0.1) is 0 Å². The molecule has 0 atom stereocenters. The summed E-state index contributed by atoms with van der Waals surface area (Å²) < 4.78 is 11.9. The van der Waals surface area contributed by atoms with Crippen LogP contribution in [0.3, 0.4) is 0 Å². The van der Waals surface area contributed by atoms with Crippen molar-refractivity contribution in [3.05, 3.63) is 52.0 Å². The minimum atomic E-state index is -0.564. The van der Waals surface area contributed by atoms with E-state index in [-0.39, 0.29) is 12.2 Å². The van der Waals surface area contributed by atoms with Gasteiger partial charge in [-0.1, -0.05) is 15.9 Å². The number of benzene rings is 2. The molecule has 1 amide bonds. The Balaban J connectivity index is 2.26. The number of anilines is 1. The van der Waals surface area contributed by atoms with E-state index in [1.165, 1.54) is 0 Å². The number of primary amides is 1. The van der Waals surface area contributed by atoms with Crippen molar-refractivity contribution in [2.24, 2.45) is 5.73 Å². The first-order valence-corrected chi connectivity index (χ1v) is 6.95. The SMILES string of the molecule is COc1ccc(Br)cc1COc1cc(N)ccc1C(N)=O. The lowest BCUT2D eigenvalue weighted by molar-refractivity contribution is 0.0996. The van der Waals surface area contributed by atoms with Crippen LogP contribution in [-0.2, 0) is 6.61 Å². The summed E-state index contributed by atoms with van der Waals surface area (Å²) in [7, 11) is 1.59. The van der Waals surface area contributed by atoms with Crippen LogP contribution in [0.15, 0.2) is 40.9 Å². The van der Waals surface area contributed by atoms with E-state index in [1.54, 1.807) is 25.3 Å². The summed E-state index contributed by atoms with van der Waals surface area (Å²) in [4.78, 5) is 11.4. The second-order valence-corrected chi connectivity index (χ2v) is 5.28. The molecular weight excluding hydrogens is 336 g/mol. The number of ether oxygens (including phenoxy) is 2. The van der Waals surface area contributed by atoms with Gasteiger partial charge in [-0.15, -0.1) is 0 Å². The van der Waals surface area contributed by atoms with Crippen LogP contribution in [0.4, 0.5) is 5.69 Å². The Labute approximate surface area is 131 Å². The standard InChI is InChI=1S/C15H15BrN2O3/c1-20-13-5-2-10(16)6-9(13)8-21-14-7-11(17)3-4-12(14)15(18)19/h2-7H,8,17H2,1H3,(H2,18,19). The Morgan fingerprint density at radius 3 is 2.62 bits per heavy atom. The molecule has 0 aromatic heterocycles. The normalized spacial score (nSPS) is 10.2. The van der Waals surface area contributed by atoms with E-state index in [9.17, 15) is 4.79 Å². The highest BCUT2D eigenvalue weighted by Crippen LogP contribution is 2.27. The summed E-state index contributed by atoms with van der Waals surface area (Å²) in [5.74, 6) is 0.485. The zero-order valence-electron chi connectivity index (χ0n) is 11.4. The molecule has 0 unspecified atom stereocenters. The molecule has 5 nitrogen and oxygen atoms in total. The molecule has 4 N–H and O–H groups in total. The molecule has 2 aromatic rings. The van der Waals surface area contributed by atoms with Crippen LogP contribution in [-0.4, -0.2) is 13.0 Å². The molecule has 0 saturated heterocycles. The summed E-state index contributed by atoms with van der Waals surface area (Å²) >= 11 is 3.40. The van der Waals surface area contributed by atoms with E-state index in [2.05, 4.69) is 15.9 Å². The number of methoxy groups -OCH3 is 1. The molecule has 110 valence electrons. The minimum Gasteiger partial charge on any atom is -0.496 e. The number of halogens is 1. The van der Waals surface area contributed by atoms with Crippen LogP contribution >= 0.6 is 15.9 Å². The van der Waals surface area contributed by atoms with E-state index in [0.29, 0.717) is 17.2 Å². The maximum Gasteiger partial charge on any atom is 0.252 e. The van der Waals surface area contributed by atoms with Crippen molar-refractivity contribution in [1.82, 2.24) is 0 Å². The number of nitrogen functional groups attached to an aromatic ring is 1. The fraction of sp³-hybridized carbons (Fsp3) is 0.133. The average molecular weight is 351 g/mol. The van der Waals surface area contributed by atoms with Crippen LogP contribution in [0.25, 0.3) is 0 Å². The van der Waals surface area contributed by atoms with Crippen LogP contribution in [0.5, 0.6) is 11.5 Å². The van der Waals surface area contributed by atoms with Gasteiger partial charge in [0.05, 0.1) is 12.7 Å². The molecule has 0 bridgehead atoms. The fourth-order valence-corrected chi connectivity index (χ4v) is 2.29. The maximum atomic E-state index is 11.4. The van der Waals surface area contributed by atoms with Crippen LogP contribution in [0.2, 0.25) is 0 Å². The molecular formula is C15H15BrN2O3. The van der Waals surface area contributed by atoms with Gasteiger partial charge in [0.15, 0.2) is 0 Å². The van der Waals surface area contributed by atoms with Gasteiger partial charge in [0.2, 0.25) is 0 Å². The summed E-state index contributed by atoms with van der Waals surface area (Å²) in [6, 6.07) is 10.3. The van der Waals surface area contributed by atoms with E-state index in [1.807, 2.05) is 18.2 Å². The predicted octanol–water partition coefficient (Wildman–Crippen LogP) is 2.72. The van der Waals surface area contributed by atoms with Gasteiger partial charge in [-0.05, 0) is 30.3 Å². The molecule has 0 radical (unpaired) electrons. The third kappa shape index (κ3) is 3.66. The monoisotopic (exact) mass is 350 g/mol. The Kier molecular flexibility index (Phi) is 4.70. The van der Waals surface area contributed by atoms with E-state index in [0.717, 1.165) is 10.0 Å². The molecule has 0 spiro atoms. The van der Waals surface area contributed by atoms with Crippen molar-refractivity contribution in [1.29, 1.82) is 0 Å². The lowest BCUT2D eigenvalue weighted by Crippen LogP contribution is -2.13. The number of carbonyl (C=O) groups is 1. The molecule has 6 heteroatoms. The Morgan fingerprint density at radius 2 is 1.95 bits per heavy atom. The third-order valence-corrected chi connectivity index (χ3v) is 3.39. The summed E-state index contributed by atoms with van der Waals surface area (Å²) in [6.45, 7) is 0.229. The average Bonchev–Trinajstić information content (AvgIpc) is 2.45. The summed E-state index contributed by atoms with van der Waals surface area (Å²) in [6.07, 6.45) is 0. The van der Waals surface area contributed by atoms with Gasteiger partial charge in [-0.25, -0.2) is 0 Å². The minimum absolute atomic E-state index is 0.229. The molecule has 0 heterocycles. The first-order valence-electron chi connectivity index (χ1n) is 6.16. The Morgan fingerprint density at radius 1 is 1.19 bits per heavy atom. The second-order valence-electron chi connectivity index (χ2n) is 4.36. The maximum absolute atomic E-state index is 11.4. The zero-order valence-corrected chi connectivity index (χ0v) is 13.0. The van der Waals surface area contributed by atoms with Crippen molar-refractivity contribution >= 4 is 27.5 Å². The number of nitrogens with two attached hydrogens (primary N) is 2. The molecule has 0 aliphatic carbocycles. The van der Waals surface area contributed by atoms with Crippen molar-refractivity contribution < 1.29 is 14.3 Å². The first kappa shape index (κ1) is 15.2. The largest absolute Gasteiger partial charge is 0.496 e. The van der Waals surface area contributed by atoms with E-state index < -0.39 is 5.91 Å². The molecule has 21 heavy (non-hydrogen) atoms. The number of hydrogen-bond donors (Lipinski definition) is 2. The summed E-state index contributed by atoms with van der Waals surface area (Å²) in [5, 5.41) is 0. The Hall–Kier alpha value is -2.21. The van der Waals surface area contributed by atoms with Gasteiger partial charge < -0.3 is 20.9 Å². The number of hydrogen-bond acceptors (Lipinski definition) is 4. The highest BCUT2D eigenvalue weighted by molar-refractivity contribution is 9.10. The van der Waals surface area contributed by atoms with Gasteiger partial charge in [-0.3, -0.25) is 4.79 Å². The zero-order chi connectivity index (χ0) is 15.4. The van der Waals surface area contributed by atoms with Gasteiger partial charge in [-0.2, -0.15) is 0 Å². The number of carbonyl (C=O) groups excluding carboxylic acids is 1. The van der Waals surface area contributed by atoms with Crippen molar-refractivity contribution in [3.63, 3.8) is 0 Å². The third-order valence-electron chi connectivity index (χ3n) is 2.90. The molecule has 0 saturated carbocycles. The van der Waals surface area contributed by atoms with Crippen LogP contribution < -0.4 is 20.9 Å². The van der Waals surface area contributed by atoms with Crippen molar-refractivity contribution in [2.45, 2.75) is 6.61 Å². The van der Waals surface area contributed by atoms with E-state index >= 15 is 0 Å². The smallest absolute Gasteiger partial charge is 0.252 e. The second kappa shape index (κ2) is 6.49. The van der Waals surface area contributed by atoms with Gasteiger partial charge in [0, 0.05) is 21.8 Å². The number of rotatable bonds is 5. The van der Waals surface area contributed by atoms with Crippen LogP contribution in [0.1, 0.15) is 15.9 Å². The lowest BCUT2D eigenvalue weighted by atomic mass is 10.1. The van der Waals surface area contributed by atoms with Gasteiger partial charge >= 0.3 is 0 Å². The summed E-state index contributed by atoms with van der Waals surface area (Å²) in [5.41, 5.74) is 12.7. The topological polar surface area (TPSA) is 87.6 Å². The number of amides is 1. The van der Waals surface area contributed by atoms with Crippen molar-refractivity contribution in [3.8, 4) is 11.5 Å². The molecule has 0 fully saturated rings. The van der Waals surface area contributed by atoms with Crippen molar-refractivity contribution in [2.75, 3.05) is 12.8 Å². The fourth-order valence-electron chi connectivity index (χ4n) is 1.88. The van der Waals surface area contributed by atoms with Gasteiger partial charge in [0.25, 0.3) is 5.91 Å². The van der Waals surface area contributed by atoms with E-state index in [4.69, 9.17) is 20.9 Å². The highest BCUT2D eigenvalue weighted by atomic mass is 79.9. The lowest BCUT2D eigenvalue weighted by Gasteiger charge is -2.13. The quantitative estimate of drug-likeness (QED) is 0.811. The predicted molar refractivity (Wildman–Crippen MR) is 84.4 cm³/mol. The molecule has 2 rings (SSSR count). The Bertz CT molecular complexity index is 674. The molecule has 2 aromatic carbocycles. The first-order chi connectivity index (χ1) is 10.0.